The molecule has 5 rings (SSSR count). The van der Waals surface area contributed by atoms with Crippen LogP contribution in [0.2, 0.25) is 0 Å². The first-order valence-electron chi connectivity index (χ1n) is 10.8. The molecule has 0 amide bonds. The third-order valence-electron chi connectivity index (χ3n) is 6.21. The number of allylic oxidation sites excluding steroid dienone is 1. The number of anilines is 1. The molecule has 3 aromatic rings. The minimum absolute atomic E-state index is 0.307. The lowest BCUT2D eigenvalue weighted by Gasteiger charge is -2.37. The standard InChI is InChI=1S/C27H25NO3/c1-4-9-18-12-15-24-23(16-18)27(21-11-8-7-10-20(21)26(29)31-27)22-14-13-19(17-25(22)30-24)28(5-2)6-3/h4,7-17H,5-6H2,1-3H3/b9-4-. The summed E-state index contributed by atoms with van der Waals surface area (Å²) in [6, 6.07) is 19.9. The third-order valence-corrected chi connectivity index (χ3v) is 6.21. The number of esters is 1. The van der Waals surface area contributed by atoms with Gasteiger partial charge < -0.3 is 14.4 Å². The van der Waals surface area contributed by atoms with Crippen LogP contribution >= 0.6 is 0 Å². The van der Waals surface area contributed by atoms with Crippen LogP contribution in [0.25, 0.3) is 6.08 Å². The van der Waals surface area contributed by atoms with E-state index in [1.54, 1.807) is 0 Å². The molecule has 0 saturated heterocycles. The maximum Gasteiger partial charge on any atom is 0.340 e. The molecule has 2 aliphatic heterocycles. The summed E-state index contributed by atoms with van der Waals surface area (Å²) in [6.45, 7) is 8.07. The van der Waals surface area contributed by atoms with Crippen molar-refractivity contribution in [3.05, 3.63) is 94.6 Å². The zero-order valence-electron chi connectivity index (χ0n) is 18.0. The normalized spacial score (nSPS) is 18.4. The zero-order chi connectivity index (χ0) is 21.6. The SMILES string of the molecule is C/C=C\c1ccc2c(c1)C1(OC(=O)c3ccccc31)c1ccc(N(CC)CC)cc1O2. The highest BCUT2D eigenvalue weighted by Gasteiger charge is 2.53. The molecule has 0 bridgehead atoms. The van der Waals surface area contributed by atoms with Crippen LogP contribution in [-0.2, 0) is 10.3 Å². The zero-order valence-corrected chi connectivity index (χ0v) is 18.0. The van der Waals surface area contributed by atoms with E-state index in [1.165, 1.54) is 0 Å². The lowest BCUT2D eigenvalue weighted by atomic mass is 9.77. The average Bonchev–Trinajstić information content (AvgIpc) is 3.09. The molecule has 1 atom stereocenters. The topological polar surface area (TPSA) is 38.8 Å². The molecular weight excluding hydrogens is 386 g/mol. The quantitative estimate of drug-likeness (QED) is 0.484. The monoisotopic (exact) mass is 411 g/mol. The average molecular weight is 412 g/mol. The van der Waals surface area contributed by atoms with Gasteiger partial charge in [-0.2, -0.15) is 0 Å². The van der Waals surface area contributed by atoms with E-state index in [1.807, 2.05) is 61.5 Å². The summed E-state index contributed by atoms with van der Waals surface area (Å²) in [6.07, 6.45) is 4.03. The molecule has 0 aliphatic carbocycles. The molecule has 4 nitrogen and oxygen atoms in total. The van der Waals surface area contributed by atoms with Crippen LogP contribution in [0, 0.1) is 0 Å². The molecule has 31 heavy (non-hydrogen) atoms. The first-order chi connectivity index (χ1) is 15.1. The van der Waals surface area contributed by atoms with E-state index in [0.717, 1.165) is 46.8 Å². The number of ether oxygens (including phenoxy) is 2. The van der Waals surface area contributed by atoms with Gasteiger partial charge >= 0.3 is 5.97 Å². The van der Waals surface area contributed by atoms with Gasteiger partial charge in [0.05, 0.1) is 5.56 Å². The molecule has 4 heteroatoms. The summed E-state index contributed by atoms with van der Waals surface area (Å²) in [4.78, 5) is 15.2. The molecule has 0 radical (unpaired) electrons. The Labute approximate surface area is 182 Å². The van der Waals surface area contributed by atoms with E-state index in [2.05, 4.69) is 36.9 Å². The van der Waals surface area contributed by atoms with Crippen LogP contribution in [0.1, 0.15) is 53.4 Å². The minimum Gasteiger partial charge on any atom is -0.456 e. The highest BCUT2D eigenvalue weighted by Crippen LogP contribution is 2.56. The fourth-order valence-corrected chi connectivity index (χ4v) is 4.76. The summed E-state index contributed by atoms with van der Waals surface area (Å²) < 4.78 is 12.6. The van der Waals surface area contributed by atoms with Crippen molar-refractivity contribution in [2.75, 3.05) is 18.0 Å². The molecule has 2 heterocycles. The Kier molecular flexibility index (Phi) is 4.58. The van der Waals surface area contributed by atoms with Gasteiger partial charge in [0.2, 0.25) is 0 Å². The van der Waals surface area contributed by atoms with Crippen LogP contribution in [0.15, 0.2) is 66.7 Å². The molecule has 1 spiro atoms. The predicted octanol–water partition coefficient (Wildman–Crippen LogP) is 6.13. The molecule has 0 saturated carbocycles. The summed E-state index contributed by atoms with van der Waals surface area (Å²) in [5, 5.41) is 0. The maximum absolute atomic E-state index is 13.0. The van der Waals surface area contributed by atoms with Gasteiger partial charge in [0.25, 0.3) is 0 Å². The molecule has 3 aromatic carbocycles. The van der Waals surface area contributed by atoms with Crippen LogP contribution in [0.4, 0.5) is 5.69 Å². The van der Waals surface area contributed by atoms with Gasteiger partial charge in [-0.1, -0.05) is 36.4 Å². The summed E-state index contributed by atoms with van der Waals surface area (Å²) in [5.74, 6) is 1.13. The molecule has 2 aliphatic rings. The van der Waals surface area contributed by atoms with Crippen molar-refractivity contribution in [1.29, 1.82) is 0 Å². The number of hydrogen-bond donors (Lipinski definition) is 0. The van der Waals surface area contributed by atoms with Gasteiger partial charge in [0.1, 0.15) is 11.5 Å². The Balaban J connectivity index is 1.80. The third kappa shape index (κ3) is 2.78. The number of carbonyl (C=O) groups excluding carboxylic acids is 1. The Morgan fingerprint density at radius 2 is 1.71 bits per heavy atom. The predicted molar refractivity (Wildman–Crippen MR) is 123 cm³/mol. The Morgan fingerprint density at radius 1 is 0.903 bits per heavy atom. The Bertz CT molecular complexity index is 1210. The van der Waals surface area contributed by atoms with Crippen molar-refractivity contribution in [3.63, 3.8) is 0 Å². The molecule has 1 unspecified atom stereocenters. The number of nitrogens with zero attached hydrogens (tertiary/aromatic N) is 1. The second-order valence-electron chi connectivity index (χ2n) is 7.83. The van der Waals surface area contributed by atoms with Crippen molar-refractivity contribution >= 4 is 17.7 Å². The van der Waals surface area contributed by atoms with E-state index < -0.39 is 5.60 Å². The Morgan fingerprint density at radius 3 is 2.48 bits per heavy atom. The van der Waals surface area contributed by atoms with E-state index in [0.29, 0.717) is 11.3 Å². The van der Waals surface area contributed by atoms with Gasteiger partial charge in [-0.15, -0.1) is 0 Å². The number of benzene rings is 3. The number of carbonyl (C=O) groups is 1. The van der Waals surface area contributed by atoms with Crippen LogP contribution < -0.4 is 9.64 Å². The van der Waals surface area contributed by atoms with E-state index in [9.17, 15) is 4.79 Å². The van der Waals surface area contributed by atoms with Gasteiger partial charge in [-0.25, -0.2) is 4.79 Å². The fourth-order valence-electron chi connectivity index (χ4n) is 4.76. The number of hydrogen-bond acceptors (Lipinski definition) is 4. The minimum atomic E-state index is -1.02. The van der Waals surface area contributed by atoms with Crippen molar-refractivity contribution < 1.29 is 14.3 Å². The van der Waals surface area contributed by atoms with E-state index in [4.69, 9.17) is 9.47 Å². The van der Waals surface area contributed by atoms with Crippen LogP contribution in [-0.4, -0.2) is 19.1 Å². The molecule has 0 aromatic heterocycles. The van der Waals surface area contributed by atoms with Gasteiger partial charge in [-0.05, 0) is 56.7 Å². The number of rotatable bonds is 4. The first kappa shape index (κ1) is 19.4. The van der Waals surface area contributed by atoms with Crippen molar-refractivity contribution in [2.24, 2.45) is 0 Å². The van der Waals surface area contributed by atoms with Crippen molar-refractivity contribution in [2.45, 2.75) is 26.4 Å². The summed E-state index contributed by atoms with van der Waals surface area (Å²) in [7, 11) is 0. The van der Waals surface area contributed by atoms with Crippen molar-refractivity contribution in [1.82, 2.24) is 0 Å². The van der Waals surface area contributed by atoms with E-state index >= 15 is 0 Å². The van der Waals surface area contributed by atoms with Crippen LogP contribution in [0.5, 0.6) is 11.5 Å². The molecular formula is C27H25NO3. The fraction of sp³-hybridized carbons (Fsp3) is 0.222. The Hall–Kier alpha value is -3.53. The first-order valence-corrected chi connectivity index (χ1v) is 10.8. The lowest BCUT2D eigenvalue weighted by Crippen LogP contribution is -2.33. The van der Waals surface area contributed by atoms with Crippen molar-refractivity contribution in [3.8, 4) is 11.5 Å². The number of fused-ring (bicyclic) bond motifs is 6. The van der Waals surface area contributed by atoms with Gasteiger partial charge in [-0.3, -0.25) is 0 Å². The van der Waals surface area contributed by atoms with E-state index in [-0.39, 0.29) is 5.97 Å². The summed E-state index contributed by atoms with van der Waals surface area (Å²) >= 11 is 0. The smallest absolute Gasteiger partial charge is 0.340 e. The second-order valence-corrected chi connectivity index (χ2v) is 7.83. The van der Waals surface area contributed by atoms with Gasteiger partial charge in [0.15, 0.2) is 5.60 Å². The second kappa shape index (κ2) is 7.31. The van der Waals surface area contributed by atoms with Gasteiger partial charge in [0, 0.05) is 41.5 Å². The van der Waals surface area contributed by atoms with Crippen LogP contribution in [0.3, 0.4) is 0 Å². The maximum atomic E-state index is 13.0. The largest absolute Gasteiger partial charge is 0.456 e. The highest BCUT2D eigenvalue weighted by molar-refractivity contribution is 5.97. The molecule has 0 fully saturated rings. The summed E-state index contributed by atoms with van der Waals surface area (Å²) in [5.41, 5.74) is 4.27. The lowest BCUT2D eigenvalue weighted by molar-refractivity contribution is 0.0224. The molecule has 156 valence electrons. The highest BCUT2D eigenvalue weighted by atomic mass is 16.6. The molecule has 0 N–H and O–H groups in total.